The van der Waals surface area contributed by atoms with Gasteiger partial charge in [-0.15, -0.1) is 0 Å². The normalized spacial score (nSPS) is 24.3. The van der Waals surface area contributed by atoms with Crippen LogP contribution in [0, 0.1) is 11.8 Å². The van der Waals surface area contributed by atoms with Gasteiger partial charge in [0.15, 0.2) is 0 Å². The van der Waals surface area contributed by atoms with Gasteiger partial charge in [0.25, 0.3) is 0 Å². The third-order valence-corrected chi connectivity index (χ3v) is 2.28. The Morgan fingerprint density at radius 1 is 1.27 bits per heavy atom. The summed E-state index contributed by atoms with van der Waals surface area (Å²) in [5.74, 6) is 1.82. The Balaban J connectivity index is 0.000000461. The van der Waals surface area contributed by atoms with Crippen molar-refractivity contribution in [2.24, 2.45) is 11.8 Å². The minimum atomic E-state index is 0.873. The molecule has 1 heteroatoms. The van der Waals surface area contributed by atoms with E-state index in [9.17, 15) is 0 Å². The molecule has 0 aliphatic carbocycles. The number of piperidine rings is 1. The second-order valence-electron chi connectivity index (χ2n) is 3.35. The molecule has 0 amide bonds. The SMILES string of the molecule is CC.CC(C)C1CCCNC1. The maximum Gasteiger partial charge on any atom is -0.00181 e. The Morgan fingerprint density at radius 2 is 1.91 bits per heavy atom. The van der Waals surface area contributed by atoms with E-state index >= 15 is 0 Å². The second-order valence-corrected chi connectivity index (χ2v) is 3.35. The molecule has 1 aliphatic heterocycles. The number of hydrogen-bond donors (Lipinski definition) is 1. The Morgan fingerprint density at radius 3 is 2.18 bits per heavy atom. The quantitative estimate of drug-likeness (QED) is 0.617. The zero-order valence-corrected chi connectivity index (χ0v) is 8.48. The van der Waals surface area contributed by atoms with E-state index in [0.29, 0.717) is 0 Å². The first-order chi connectivity index (χ1) is 5.30. The van der Waals surface area contributed by atoms with Crippen LogP contribution in [0.5, 0.6) is 0 Å². The summed E-state index contributed by atoms with van der Waals surface area (Å²) in [4.78, 5) is 0. The molecule has 1 saturated heterocycles. The van der Waals surface area contributed by atoms with Crippen LogP contribution in [0.15, 0.2) is 0 Å². The highest BCUT2D eigenvalue weighted by Gasteiger charge is 2.15. The third kappa shape index (κ3) is 4.41. The largest absolute Gasteiger partial charge is 0.316 e. The average molecular weight is 157 g/mol. The molecule has 0 saturated carbocycles. The molecule has 0 radical (unpaired) electrons. The molecular formula is C10H23N. The minimum absolute atomic E-state index is 0.873. The fourth-order valence-electron chi connectivity index (χ4n) is 1.45. The minimum Gasteiger partial charge on any atom is -0.316 e. The summed E-state index contributed by atoms with van der Waals surface area (Å²) in [5, 5.41) is 3.42. The Bertz CT molecular complexity index is 72.9. The van der Waals surface area contributed by atoms with Gasteiger partial charge in [0.1, 0.15) is 0 Å². The molecule has 1 fully saturated rings. The van der Waals surface area contributed by atoms with Gasteiger partial charge in [-0.1, -0.05) is 27.7 Å². The number of nitrogens with one attached hydrogen (secondary N) is 1. The molecule has 0 aromatic carbocycles. The fraction of sp³-hybridized carbons (Fsp3) is 1.00. The molecule has 1 N–H and O–H groups in total. The zero-order chi connectivity index (χ0) is 8.69. The maximum atomic E-state index is 3.42. The molecule has 1 heterocycles. The highest BCUT2D eigenvalue weighted by molar-refractivity contribution is 4.70. The summed E-state index contributed by atoms with van der Waals surface area (Å²) in [7, 11) is 0. The van der Waals surface area contributed by atoms with Crippen molar-refractivity contribution in [3.05, 3.63) is 0 Å². The standard InChI is InChI=1S/C8H17N.C2H6/c1-7(2)8-4-3-5-9-6-8;1-2/h7-9H,3-6H2,1-2H3;1-2H3. The van der Waals surface area contributed by atoms with Crippen LogP contribution >= 0.6 is 0 Å². The van der Waals surface area contributed by atoms with E-state index in [1.807, 2.05) is 13.8 Å². The van der Waals surface area contributed by atoms with E-state index in [4.69, 9.17) is 0 Å². The Hall–Kier alpha value is -0.0400. The fourth-order valence-corrected chi connectivity index (χ4v) is 1.45. The van der Waals surface area contributed by atoms with E-state index in [1.54, 1.807) is 0 Å². The van der Waals surface area contributed by atoms with Crippen LogP contribution in [0.1, 0.15) is 40.5 Å². The van der Waals surface area contributed by atoms with Gasteiger partial charge in [0, 0.05) is 0 Å². The summed E-state index contributed by atoms with van der Waals surface area (Å²) in [5.41, 5.74) is 0. The third-order valence-electron chi connectivity index (χ3n) is 2.28. The van der Waals surface area contributed by atoms with Crippen LogP contribution < -0.4 is 5.32 Å². The number of rotatable bonds is 1. The van der Waals surface area contributed by atoms with E-state index in [2.05, 4.69) is 19.2 Å². The molecule has 1 rings (SSSR count). The summed E-state index contributed by atoms with van der Waals surface area (Å²) < 4.78 is 0. The first-order valence-electron chi connectivity index (χ1n) is 5.01. The summed E-state index contributed by atoms with van der Waals surface area (Å²) >= 11 is 0. The summed E-state index contributed by atoms with van der Waals surface area (Å²) in [6.45, 7) is 11.1. The molecule has 0 aromatic rings. The van der Waals surface area contributed by atoms with E-state index in [-0.39, 0.29) is 0 Å². The molecule has 0 bridgehead atoms. The lowest BCUT2D eigenvalue weighted by molar-refractivity contribution is 0.296. The molecule has 1 aliphatic rings. The van der Waals surface area contributed by atoms with Gasteiger partial charge in [0.05, 0.1) is 0 Å². The average Bonchev–Trinajstić information content (AvgIpc) is 2.10. The van der Waals surface area contributed by atoms with Gasteiger partial charge < -0.3 is 5.32 Å². The van der Waals surface area contributed by atoms with Crippen molar-refractivity contribution in [2.75, 3.05) is 13.1 Å². The van der Waals surface area contributed by atoms with Crippen molar-refractivity contribution in [3.8, 4) is 0 Å². The zero-order valence-electron chi connectivity index (χ0n) is 8.48. The van der Waals surface area contributed by atoms with Crippen LogP contribution in [-0.4, -0.2) is 13.1 Å². The maximum absolute atomic E-state index is 3.42. The molecule has 0 spiro atoms. The lowest BCUT2D eigenvalue weighted by atomic mass is 9.89. The molecule has 1 atom stereocenters. The lowest BCUT2D eigenvalue weighted by Crippen LogP contribution is -2.32. The predicted molar refractivity (Wildman–Crippen MR) is 51.8 cm³/mol. The molecule has 11 heavy (non-hydrogen) atoms. The predicted octanol–water partition coefficient (Wildman–Crippen LogP) is 2.67. The van der Waals surface area contributed by atoms with Gasteiger partial charge in [0.2, 0.25) is 0 Å². The lowest BCUT2D eigenvalue weighted by Gasteiger charge is -2.25. The van der Waals surface area contributed by atoms with E-state index < -0.39 is 0 Å². The van der Waals surface area contributed by atoms with E-state index in [0.717, 1.165) is 11.8 Å². The van der Waals surface area contributed by atoms with Crippen LogP contribution in [0.4, 0.5) is 0 Å². The summed E-state index contributed by atoms with van der Waals surface area (Å²) in [6, 6.07) is 0. The van der Waals surface area contributed by atoms with Gasteiger partial charge in [-0.25, -0.2) is 0 Å². The highest BCUT2D eigenvalue weighted by Crippen LogP contribution is 2.18. The second kappa shape index (κ2) is 6.66. The number of hydrogen-bond acceptors (Lipinski definition) is 1. The van der Waals surface area contributed by atoms with Crippen LogP contribution in [0.25, 0.3) is 0 Å². The van der Waals surface area contributed by atoms with Crippen LogP contribution in [0.2, 0.25) is 0 Å². The smallest absolute Gasteiger partial charge is 0.00181 e. The molecule has 1 nitrogen and oxygen atoms in total. The van der Waals surface area contributed by atoms with Crippen molar-refractivity contribution in [3.63, 3.8) is 0 Å². The van der Waals surface area contributed by atoms with Crippen molar-refractivity contribution < 1.29 is 0 Å². The van der Waals surface area contributed by atoms with Gasteiger partial charge in [-0.2, -0.15) is 0 Å². The molecule has 0 aromatic heterocycles. The molecule has 1 unspecified atom stereocenters. The van der Waals surface area contributed by atoms with Crippen molar-refractivity contribution in [1.82, 2.24) is 5.32 Å². The van der Waals surface area contributed by atoms with Crippen LogP contribution in [0.3, 0.4) is 0 Å². The van der Waals surface area contributed by atoms with E-state index in [1.165, 1.54) is 25.9 Å². The Labute approximate surface area is 71.6 Å². The molecular weight excluding hydrogens is 134 g/mol. The van der Waals surface area contributed by atoms with Crippen molar-refractivity contribution in [1.29, 1.82) is 0 Å². The topological polar surface area (TPSA) is 12.0 Å². The first-order valence-corrected chi connectivity index (χ1v) is 5.01. The van der Waals surface area contributed by atoms with Crippen molar-refractivity contribution >= 4 is 0 Å². The Kier molecular flexibility index (Phi) is 6.63. The highest BCUT2D eigenvalue weighted by atomic mass is 14.9. The van der Waals surface area contributed by atoms with Crippen molar-refractivity contribution in [2.45, 2.75) is 40.5 Å². The monoisotopic (exact) mass is 157 g/mol. The first kappa shape index (κ1) is 11.0. The van der Waals surface area contributed by atoms with Crippen LogP contribution in [-0.2, 0) is 0 Å². The van der Waals surface area contributed by atoms with Gasteiger partial charge in [-0.05, 0) is 37.8 Å². The molecule has 68 valence electrons. The summed E-state index contributed by atoms with van der Waals surface area (Å²) in [6.07, 6.45) is 2.81. The van der Waals surface area contributed by atoms with Gasteiger partial charge in [-0.3, -0.25) is 0 Å². The van der Waals surface area contributed by atoms with Gasteiger partial charge >= 0.3 is 0 Å².